The van der Waals surface area contributed by atoms with Crippen LogP contribution in [-0.2, 0) is 9.59 Å². The van der Waals surface area contributed by atoms with Crippen molar-refractivity contribution in [2.24, 2.45) is 5.41 Å². The van der Waals surface area contributed by atoms with Gasteiger partial charge in [0.25, 0.3) is 5.91 Å². The Labute approximate surface area is 124 Å². The molecule has 112 valence electrons. The number of nitrogens with zero attached hydrogens (tertiary/aromatic N) is 1. The van der Waals surface area contributed by atoms with Gasteiger partial charge in [-0.05, 0) is 29.7 Å². The molecule has 0 unspecified atom stereocenters. The van der Waals surface area contributed by atoms with Gasteiger partial charge in [-0.15, -0.1) is 0 Å². The van der Waals surface area contributed by atoms with E-state index < -0.39 is 5.91 Å². The highest BCUT2D eigenvalue weighted by atomic mass is 16.5. The topological polar surface area (TPSA) is 91.2 Å². The van der Waals surface area contributed by atoms with E-state index >= 15 is 0 Å². The molecule has 0 aliphatic carbocycles. The maximum absolute atomic E-state index is 11.5. The Morgan fingerprint density at radius 3 is 2.24 bits per heavy atom. The third-order valence-corrected chi connectivity index (χ3v) is 2.39. The van der Waals surface area contributed by atoms with Crippen LogP contribution in [0.25, 0.3) is 0 Å². The second-order valence-corrected chi connectivity index (χ2v) is 5.76. The first-order valence-electron chi connectivity index (χ1n) is 6.51. The van der Waals surface area contributed by atoms with Crippen molar-refractivity contribution < 1.29 is 14.3 Å². The highest BCUT2D eigenvalue weighted by molar-refractivity contribution is 5.82. The van der Waals surface area contributed by atoms with Crippen LogP contribution < -0.4 is 15.6 Å². The molecule has 0 aromatic heterocycles. The summed E-state index contributed by atoms with van der Waals surface area (Å²) >= 11 is 0. The first-order chi connectivity index (χ1) is 9.80. The minimum absolute atomic E-state index is 0.145. The molecule has 0 aliphatic heterocycles. The Kier molecular flexibility index (Phi) is 5.73. The Morgan fingerprint density at radius 1 is 1.14 bits per heavy atom. The van der Waals surface area contributed by atoms with Gasteiger partial charge in [0, 0.05) is 6.42 Å². The van der Waals surface area contributed by atoms with Crippen LogP contribution in [0.4, 0.5) is 0 Å². The van der Waals surface area contributed by atoms with Gasteiger partial charge >= 0.3 is 0 Å². The molecule has 2 N–H and O–H groups in total. The summed E-state index contributed by atoms with van der Waals surface area (Å²) < 4.78 is 5.23. The zero-order valence-corrected chi connectivity index (χ0v) is 12.4. The fourth-order valence-electron chi connectivity index (χ4n) is 1.48. The van der Waals surface area contributed by atoms with Crippen LogP contribution in [0.15, 0.2) is 24.3 Å². The number of ether oxygens (including phenoxy) is 1. The second-order valence-electron chi connectivity index (χ2n) is 5.76. The van der Waals surface area contributed by atoms with Crippen molar-refractivity contribution in [1.82, 2.24) is 10.9 Å². The van der Waals surface area contributed by atoms with Gasteiger partial charge < -0.3 is 4.74 Å². The van der Waals surface area contributed by atoms with Gasteiger partial charge in [-0.2, -0.15) is 5.26 Å². The van der Waals surface area contributed by atoms with E-state index in [0.29, 0.717) is 17.7 Å². The van der Waals surface area contributed by atoms with Crippen LogP contribution in [0.5, 0.6) is 5.75 Å². The highest BCUT2D eigenvalue weighted by Crippen LogP contribution is 2.17. The Bertz CT molecular complexity index is 539. The Morgan fingerprint density at radius 2 is 1.71 bits per heavy atom. The molecule has 1 rings (SSSR count). The molecule has 0 radical (unpaired) electrons. The summed E-state index contributed by atoms with van der Waals surface area (Å²) in [6.07, 6.45) is 0.309. The van der Waals surface area contributed by atoms with E-state index in [9.17, 15) is 9.59 Å². The molecule has 6 heteroatoms. The molecule has 0 aliphatic rings. The van der Waals surface area contributed by atoms with Crippen LogP contribution in [-0.4, -0.2) is 18.4 Å². The smallest absolute Gasteiger partial charge is 0.276 e. The minimum Gasteiger partial charge on any atom is -0.484 e. The van der Waals surface area contributed by atoms with Crippen LogP contribution in [0.1, 0.15) is 32.8 Å². The largest absolute Gasteiger partial charge is 0.484 e. The van der Waals surface area contributed by atoms with Gasteiger partial charge in [-0.1, -0.05) is 20.8 Å². The summed E-state index contributed by atoms with van der Waals surface area (Å²) in [7, 11) is 0. The third-order valence-electron chi connectivity index (χ3n) is 2.39. The van der Waals surface area contributed by atoms with E-state index in [4.69, 9.17) is 10.00 Å². The molecular weight excluding hydrogens is 270 g/mol. The number of hydrogen-bond acceptors (Lipinski definition) is 4. The monoisotopic (exact) mass is 289 g/mol. The third kappa shape index (κ3) is 6.97. The molecule has 0 fully saturated rings. The average molecular weight is 289 g/mol. The molecule has 6 nitrogen and oxygen atoms in total. The molecule has 0 atom stereocenters. The van der Waals surface area contributed by atoms with Gasteiger partial charge in [-0.25, -0.2) is 0 Å². The van der Waals surface area contributed by atoms with Crippen molar-refractivity contribution in [3.63, 3.8) is 0 Å². The number of nitrogens with one attached hydrogen (secondary N) is 2. The average Bonchev–Trinajstić information content (AvgIpc) is 2.41. The molecule has 1 aromatic rings. The normalized spacial score (nSPS) is 10.4. The van der Waals surface area contributed by atoms with Gasteiger partial charge in [0.15, 0.2) is 6.61 Å². The molecule has 0 saturated heterocycles. The number of nitriles is 1. The number of carbonyl (C=O) groups is 2. The number of hydrogen-bond donors (Lipinski definition) is 2. The standard InChI is InChI=1S/C15H19N3O3/c1-15(2,3)8-13(19)17-18-14(20)10-21-12-6-4-11(9-16)5-7-12/h4-7H,8,10H2,1-3H3,(H,17,19)(H,18,20). The van der Waals surface area contributed by atoms with Crippen molar-refractivity contribution >= 4 is 11.8 Å². The quantitative estimate of drug-likeness (QED) is 0.822. The number of benzene rings is 1. The summed E-state index contributed by atoms with van der Waals surface area (Å²) in [5.74, 6) is -0.235. The predicted molar refractivity (Wildman–Crippen MR) is 77.0 cm³/mol. The van der Waals surface area contributed by atoms with Gasteiger partial charge in [0.2, 0.25) is 5.91 Å². The van der Waals surface area contributed by atoms with Crippen LogP contribution in [0.2, 0.25) is 0 Å². The van der Waals surface area contributed by atoms with Crippen molar-refractivity contribution in [1.29, 1.82) is 5.26 Å². The Balaban J connectivity index is 2.31. The minimum atomic E-state index is -0.457. The zero-order chi connectivity index (χ0) is 15.9. The van der Waals surface area contributed by atoms with E-state index in [2.05, 4.69) is 10.9 Å². The lowest BCUT2D eigenvalue weighted by Gasteiger charge is -2.17. The van der Waals surface area contributed by atoms with Crippen molar-refractivity contribution in [3.05, 3.63) is 29.8 Å². The molecule has 1 aromatic carbocycles. The number of carbonyl (C=O) groups excluding carboxylic acids is 2. The maximum atomic E-state index is 11.5. The summed E-state index contributed by atoms with van der Waals surface area (Å²) in [5, 5.41) is 8.65. The summed E-state index contributed by atoms with van der Waals surface area (Å²) in [6, 6.07) is 8.38. The summed E-state index contributed by atoms with van der Waals surface area (Å²) in [6.45, 7) is 5.58. The SMILES string of the molecule is CC(C)(C)CC(=O)NNC(=O)COc1ccc(C#N)cc1. The van der Waals surface area contributed by atoms with E-state index in [1.165, 1.54) is 0 Å². The van der Waals surface area contributed by atoms with Gasteiger partial charge in [0.05, 0.1) is 11.6 Å². The number of amides is 2. The highest BCUT2D eigenvalue weighted by Gasteiger charge is 2.16. The Hall–Kier alpha value is -2.55. The van der Waals surface area contributed by atoms with Crippen LogP contribution >= 0.6 is 0 Å². The molecule has 0 heterocycles. The maximum Gasteiger partial charge on any atom is 0.276 e. The molecule has 0 spiro atoms. The lowest BCUT2D eigenvalue weighted by molar-refractivity contribution is -0.130. The van der Waals surface area contributed by atoms with Gasteiger partial charge in [0.1, 0.15) is 5.75 Å². The van der Waals surface area contributed by atoms with Crippen LogP contribution in [0.3, 0.4) is 0 Å². The van der Waals surface area contributed by atoms with E-state index in [1.54, 1.807) is 24.3 Å². The van der Waals surface area contributed by atoms with E-state index in [0.717, 1.165) is 0 Å². The van der Waals surface area contributed by atoms with E-state index in [1.807, 2.05) is 26.8 Å². The number of hydrazine groups is 1. The second kappa shape index (κ2) is 7.29. The van der Waals surface area contributed by atoms with Gasteiger partial charge in [-0.3, -0.25) is 20.4 Å². The molecule has 2 amide bonds. The first-order valence-corrected chi connectivity index (χ1v) is 6.51. The summed E-state index contributed by atoms with van der Waals surface area (Å²) in [4.78, 5) is 23.0. The number of rotatable bonds is 4. The van der Waals surface area contributed by atoms with Crippen molar-refractivity contribution in [3.8, 4) is 11.8 Å². The fraction of sp³-hybridized carbons (Fsp3) is 0.400. The predicted octanol–water partition coefficient (Wildman–Crippen LogP) is 1.52. The van der Waals surface area contributed by atoms with Crippen molar-refractivity contribution in [2.45, 2.75) is 27.2 Å². The van der Waals surface area contributed by atoms with Crippen LogP contribution in [0, 0.1) is 16.7 Å². The molecular formula is C15H19N3O3. The molecule has 21 heavy (non-hydrogen) atoms. The van der Waals surface area contributed by atoms with E-state index in [-0.39, 0.29) is 17.9 Å². The zero-order valence-electron chi connectivity index (χ0n) is 12.4. The lowest BCUT2D eigenvalue weighted by atomic mass is 9.92. The fourth-order valence-corrected chi connectivity index (χ4v) is 1.48. The van der Waals surface area contributed by atoms with Crippen molar-refractivity contribution in [2.75, 3.05) is 6.61 Å². The molecule has 0 saturated carbocycles. The summed E-state index contributed by atoms with van der Waals surface area (Å²) in [5.41, 5.74) is 4.98. The lowest BCUT2D eigenvalue weighted by Crippen LogP contribution is -2.44. The first kappa shape index (κ1) is 16.5. The molecule has 0 bridgehead atoms.